The second-order valence-electron chi connectivity index (χ2n) is 8.00. The SMILES string of the molecule is NC(CCc1nc(CO)c(C2=CC3CC=NC=C3C=C2)s1)Cc1ccc(C(F)(F)F)cc1. The Morgan fingerprint density at radius 1 is 1.19 bits per heavy atom. The Morgan fingerprint density at radius 3 is 2.69 bits per heavy atom. The first-order chi connectivity index (χ1) is 15.3. The van der Waals surface area contributed by atoms with Gasteiger partial charge < -0.3 is 10.8 Å². The van der Waals surface area contributed by atoms with Crippen LogP contribution in [0, 0.1) is 5.92 Å². The van der Waals surface area contributed by atoms with Crippen molar-refractivity contribution in [2.24, 2.45) is 16.6 Å². The highest BCUT2D eigenvalue weighted by Crippen LogP contribution is 2.36. The van der Waals surface area contributed by atoms with E-state index < -0.39 is 11.7 Å². The summed E-state index contributed by atoms with van der Waals surface area (Å²) >= 11 is 1.56. The van der Waals surface area contributed by atoms with Crippen molar-refractivity contribution in [2.45, 2.75) is 44.5 Å². The van der Waals surface area contributed by atoms with Crippen LogP contribution in [0.15, 0.2) is 59.3 Å². The second kappa shape index (κ2) is 9.52. The standard InChI is InChI=1S/C24H24F3N3OS/c25-24(26,27)19-5-1-15(2-6-19)11-20(28)7-8-22-30-21(14-31)23(32-22)17-3-4-18-13-29-10-9-16(18)12-17/h1-6,10,12-13,16,20,31H,7-9,11,14,28H2. The molecular weight excluding hydrogens is 435 g/mol. The van der Waals surface area contributed by atoms with E-state index in [9.17, 15) is 18.3 Å². The van der Waals surface area contributed by atoms with E-state index in [-0.39, 0.29) is 12.6 Å². The lowest BCUT2D eigenvalue weighted by atomic mass is 9.88. The summed E-state index contributed by atoms with van der Waals surface area (Å²) in [6.45, 7) is -0.135. The first-order valence-electron chi connectivity index (χ1n) is 10.5. The summed E-state index contributed by atoms with van der Waals surface area (Å²) in [5.74, 6) is 0.293. The van der Waals surface area contributed by atoms with Crippen molar-refractivity contribution in [2.75, 3.05) is 0 Å². The molecular formula is C24H24F3N3OS. The molecule has 0 radical (unpaired) electrons. The zero-order chi connectivity index (χ0) is 22.7. The van der Waals surface area contributed by atoms with E-state index in [0.717, 1.165) is 39.6 Å². The lowest BCUT2D eigenvalue weighted by Gasteiger charge is -2.20. The van der Waals surface area contributed by atoms with Gasteiger partial charge >= 0.3 is 6.18 Å². The first-order valence-corrected chi connectivity index (χ1v) is 11.3. The van der Waals surface area contributed by atoms with E-state index in [2.05, 4.69) is 22.1 Å². The maximum Gasteiger partial charge on any atom is 0.416 e. The molecule has 4 rings (SSSR count). The fourth-order valence-electron chi connectivity index (χ4n) is 3.87. The first kappa shape index (κ1) is 22.6. The van der Waals surface area contributed by atoms with Gasteiger partial charge in [-0.1, -0.05) is 30.4 Å². The summed E-state index contributed by atoms with van der Waals surface area (Å²) in [5, 5.41) is 10.7. The van der Waals surface area contributed by atoms with Gasteiger partial charge in [0.2, 0.25) is 0 Å². The number of aromatic nitrogens is 1. The molecule has 168 valence electrons. The number of aliphatic imine (C=N–C) groups is 1. The van der Waals surface area contributed by atoms with Crippen molar-refractivity contribution in [1.29, 1.82) is 0 Å². The number of benzene rings is 1. The summed E-state index contributed by atoms with van der Waals surface area (Å²) < 4.78 is 38.1. The molecule has 3 N–H and O–H groups in total. The number of nitrogens with two attached hydrogens (primary N) is 1. The number of hydrogen-bond donors (Lipinski definition) is 2. The number of nitrogens with zero attached hydrogens (tertiary/aromatic N) is 2. The number of halogens is 3. The molecule has 1 aromatic carbocycles. The van der Waals surface area contributed by atoms with Crippen molar-refractivity contribution >= 4 is 23.1 Å². The van der Waals surface area contributed by atoms with Crippen molar-refractivity contribution < 1.29 is 18.3 Å². The Morgan fingerprint density at radius 2 is 1.97 bits per heavy atom. The molecule has 0 fully saturated rings. The lowest BCUT2D eigenvalue weighted by Crippen LogP contribution is -2.23. The van der Waals surface area contributed by atoms with Gasteiger partial charge in [0.1, 0.15) is 0 Å². The third-order valence-electron chi connectivity index (χ3n) is 5.61. The van der Waals surface area contributed by atoms with Gasteiger partial charge in [0.05, 0.1) is 27.7 Å². The number of aliphatic hydroxyl groups excluding tert-OH is 1. The molecule has 2 heterocycles. The molecule has 1 aliphatic carbocycles. The highest BCUT2D eigenvalue weighted by atomic mass is 32.1. The molecule has 32 heavy (non-hydrogen) atoms. The molecule has 8 heteroatoms. The van der Waals surface area contributed by atoms with Crippen LogP contribution < -0.4 is 5.73 Å². The molecule has 0 saturated heterocycles. The number of hydrogen-bond acceptors (Lipinski definition) is 5. The van der Waals surface area contributed by atoms with E-state index >= 15 is 0 Å². The summed E-state index contributed by atoms with van der Waals surface area (Å²) in [7, 11) is 0. The average Bonchev–Trinajstić information content (AvgIpc) is 3.20. The van der Waals surface area contributed by atoms with Gasteiger partial charge in [-0.25, -0.2) is 4.98 Å². The normalized spacial score (nSPS) is 18.8. The third-order valence-corrected chi connectivity index (χ3v) is 6.82. The summed E-state index contributed by atoms with van der Waals surface area (Å²) in [4.78, 5) is 9.77. The number of fused-ring (bicyclic) bond motifs is 1. The average molecular weight is 460 g/mol. The number of aryl methyl sites for hydroxylation is 1. The molecule has 0 spiro atoms. The van der Waals surface area contributed by atoms with E-state index in [0.29, 0.717) is 30.9 Å². The van der Waals surface area contributed by atoms with Crippen LogP contribution in [-0.2, 0) is 25.6 Å². The molecule has 2 aliphatic rings. The summed E-state index contributed by atoms with van der Waals surface area (Å²) in [5.41, 5.74) is 9.26. The highest BCUT2D eigenvalue weighted by Gasteiger charge is 2.30. The highest BCUT2D eigenvalue weighted by molar-refractivity contribution is 7.13. The van der Waals surface area contributed by atoms with E-state index in [4.69, 9.17) is 5.73 Å². The molecule has 2 atom stereocenters. The minimum atomic E-state index is -4.33. The number of allylic oxidation sites excluding steroid dienone is 5. The van der Waals surface area contributed by atoms with Gasteiger partial charge in [-0.05, 0) is 48.1 Å². The van der Waals surface area contributed by atoms with Crippen molar-refractivity contribution in [1.82, 2.24) is 4.98 Å². The largest absolute Gasteiger partial charge is 0.416 e. The number of rotatable bonds is 7. The Labute approximate surface area is 188 Å². The monoisotopic (exact) mass is 459 g/mol. The molecule has 1 aliphatic heterocycles. The van der Waals surface area contributed by atoms with Gasteiger partial charge in [-0.3, -0.25) is 4.99 Å². The predicted molar refractivity (Wildman–Crippen MR) is 121 cm³/mol. The zero-order valence-electron chi connectivity index (χ0n) is 17.3. The van der Waals surface area contributed by atoms with Crippen LogP contribution in [-0.4, -0.2) is 22.3 Å². The Kier molecular flexibility index (Phi) is 6.74. The Bertz CT molecular complexity index is 1080. The van der Waals surface area contributed by atoms with Crippen LogP contribution in [0.25, 0.3) is 5.57 Å². The molecule has 1 aromatic heterocycles. The van der Waals surface area contributed by atoms with Crippen molar-refractivity contribution in [3.05, 3.63) is 81.0 Å². The van der Waals surface area contributed by atoms with Crippen LogP contribution in [0.5, 0.6) is 0 Å². The molecule has 0 saturated carbocycles. The quantitative estimate of drug-likeness (QED) is 0.606. The van der Waals surface area contributed by atoms with E-state index in [1.54, 1.807) is 11.3 Å². The maximum absolute atomic E-state index is 12.7. The molecule has 0 bridgehead atoms. The van der Waals surface area contributed by atoms with E-state index in [1.165, 1.54) is 17.7 Å². The van der Waals surface area contributed by atoms with Gasteiger partial charge in [0.25, 0.3) is 0 Å². The van der Waals surface area contributed by atoms with Gasteiger partial charge in [0.15, 0.2) is 0 Å². The van der Waals surface area contributed by atoms with Gasteiger partial charge in [-0.15, -0.1) is 11.3 Å². The van der Waals surface area contributed by atoms with Crippen LogP contribution in [0.1, 0.15) is 39.5 Å². The second-order valence-corrected chi connectivity index (χ2v) is 9.08. The lowest BCUT2D eigenvalue weighted by molar-refractivity contribution is -0.137. The zero-order valence-corrected chi connectivity index (χ0v) is 18.2. The number of aliphatic hydroxyl groups is 1. The smallest absolute Gasteiger partial charge is 0.390 e. The molecule has 2 unspecified atom stereocenters. The molecule has 4 nitrogen and oxygen atoms in total. The molecule has 0 amide bonds. The Hall–Kier alpha value is -2.55. The Balaban J connectivity index is 1.38. The van der Waals surface area contributed by atoms with E-state index in [1.807, 2.05) is 18.5 Å². The molecule has 2 aromatic rings. The van der Waals surface area contributed by atoms with Crippen LogP contribution >= 0.6 is 11.3 Å². The maximum atomic E-state index is 12.7. The number of alkyl halides is 3. The summed E-state index contributed by atoms with van der Waals surface area (Å²) in [6.07, 6.45) is 8.41. The van der Waals surface area contributed by atoms with Crippen LogP contribution in [0.4, 0.5) is 13.2 Å². The van der Waals surface area contributed by atoms with Gasteiger partial charge in [-0.2, -0.15) is 13.2 Å². The fraction of sp³-hybridized carbons (Fsp3) is 0.333. The van der Waals surface area contributed by atoms with Crippen molar-refractivity contribution in [3.63, 3.8) is 0 Å². The minimum absolute atomic E-state index is 0.135. The fourth-order valence-corrected chi connectivity index (χ4v) is 4.96. The van der Waals surface area contributed by atoms with Crippen molar-refractivity contribution in [3.8, 4) is 0 Å². The van der Waals surface area contributed by atoms with Crippen LogP contribution in [0.3, 0.4) is 0 Å². The third kappa shape index (κ3) is 5.26. The topological polar surface area (TPSA) is 71.5 Å². The minimum Gasteiger partial charge on any atom is -0.390 e. The summed E-state index contributed by atoms with van der Waals surface area (Å²) in [6, 6.07) is 4.95. The number of thiazole rings is 1. The predicted octanol–water partition coefficient (Wildman–Crippen LogP) is 5.08. The van der Waals surface area contributed by atoms with Gasteiger partial charge in [0, 0.05) is 30.8 Å². The van der Waals surface area contributed by atoms with Crippen LogP contribution in [0.2, 0.25) is 0 Å².